The third-order valence-electron chi connectivity index (χ3n) is 3.24. The molecule has 0 radical (unpaired) electrons. The number of benzene rings is 1. The van der Waals surface area contributed by atoms with Crippen LogP contribution in [0, 0.1) is 29.9 Å². The number of aromatic nitrogens is 1. The highest BCUT2D eigenvalue weighted by atomic mass is 19.1. The molecule has 5 nitrogen and oxygen atoms in total. The molecule has 0 aliphatic carbocycles. The first-order valence-electron chi connectivity index (χ1n) is 6.65. The minimum atomic E-state index is -0.621. The van der Waals surface area contributed by atoms with Crippen LogP contribution < -0.4 is 5.32 Å². The van der Waals surface area contributed by atoms with Crippen LogP contribution in [0.1, 0.15) is 23.2 Å². The molecule has 0 aliphatic heterocycles. The average molecular weight is 306 g/mol. The van der Waals surface area contributed by atoms with Gasteiger partial charge in [0.1, 0.15) is 17.7 Å². The van der Waals surface area contributed by atoms with E-state index in [0.717, 1.165) is 6.07 Å². The molecule has 116 valence electrons. The van der Waals surface area contributed by atoms with Crippen LogP contribution in [0.5, 0.6) is 0 Å². The van der Waals surface area contributed by atoms with Gasteiger partial charge in [0.25, 0.3) is 0 Å². The predicted molar refractivity (Wildman–Crippen MR) is 77.2 cm³/mol. The summed E-state index contributed by atoms with van der Waals surface area (Å²) in [5.41, 5.74) is 0.503. The highest BCUT2D eigenvalue weighted by Gasteiger charge is 2.20. The molecule has 0 saturated heterocycles. The Labute approximate surface area is 127 Å². The Morgan fingerprint density at radius 3 is 2.73 bits per heavy atom. The number of nitrogens with zero attached hydrogens (tertiary/aromatic N) is 3. The summed E-state index contributed by atoms with van der Waals surface area (Å²) in [5.74, 6) is -0.623. The lowest BCUT2D eigenvalue weighted by Gasteiger charge is -2.25. The zero-order valence-electron chi connectivity index (χ0n) is 12.5. The maximum absolute atomic E-state index is 14.0. The van der Waals surface area contributed by atoms with Crippen LogP contribution in [0.25, 0.3) is 0 Å². The molecule has 1 aromatic carbocycles. The van der Waals surface area contributed by atoms with Gasteiger partial charge in [-0.05, 0) is 20.2 Å². The largest absolute Gasteiger partial charge is 0.424 e. The molecule has 1 heterocycles. The number of hydrogen-bond acceptors (Lipinski definition) is 5. The van der Waals surface area contributed by atoms with Crippen molar-refractivity contribution in [1.29, 1.82) is 5.26 Å². The first-order valence-corrected chi connectivity index (χ1v) is 6.65. The van der Waals surface area contributed by atoms with E-state index < -0.39 is 11.6 Å². The average Bonchev–Trinajstić information content (AvgIpc) is 2.81. The van der Waals surface area contributed by atoms with E-state index in [0.29, 0.717) is 11.5 Å². The van der Waals surface area contributed by atoms with Crippen LogP contribution in [0.4, 0.5) is 14.7 Å². The number of rotatable bonds is 5. The number of aryl methyl sites for hydroxylation is 1. The summed E-state index contributed by atoms with van der Waals surface area (Å²) in [5, 5.41) is 11.9. The van der Waals surface area contributed by atoms with Crippen molar-refractivity contribution in [3.63, 3.8) is 0 Å². The first-order chi connectivity index (χ1) is 10.4. The quantitative estimate of drug-likeness (QED) is 0.920. The molecule has 7 heteroatoms. The van der Waals surface area contributed by atoms with Crippen molar-refractivity contribution >= 4 is 5.88 Å². The van der Waals surface area contributed by atoms with Crippen molar-refractivity contribution in [3.05, 3.63) is 47.0 Å². The van der Waals surface area contributed by atoms with Gasteiger partial charge >= 0.3 is 0 Å². The highest BCUT2D eigenvalue weighted by molar-refractivity contribution is 5.45. The lowest BCUT2D eigenvalue weighted by molar-refractivity contribution is 0.302. The van der Waals surface area contributed by atoms with E-state index in [2.05, 4.69) is 10.3 Å². The van der Waals surface area contributed by atoms with Gasteiger partial charge < -0.3 is 14.6 Å². The maximum atomic E-state index is 14.0. The fourth-order valence-electron chi connectivity index (χ4n) is 2.15. The van der Waals surface area contributed by atoms with Crippen molar-refractivity contribution in [3.8, 4) is 6.07 Å². The summed E-state index contributed by atoms with van der Waals surface area (Å²) in [6.07, 6.45) is 0. The van der Waals surface area contributed by atoms with Crippen LogP contribution in [-0.4, -0.2) is 30.5 Å². The molecule has 2 aromatic rings. The molecule has 22 heavy (non-hydrogen) atoms. The number of nitrogens with one attached hydrogen (secondary N) is 1. The molecular weight excluding hydrogens is 290 g/mol. The monoisotopic (exact) mass is 306 g/mol. The highest BCUT2D eigenvalue weighted by Crippen LogP contribution is 2.24. The Bertz CT molecular complexity index is 706. The second-order valence-electron chi connectivity index (χ2n) is 5.05. The number of nitriles is 1. The van der Waals surface area contributed by atoms with Gasteiger partial charge in [0, 0.05) is 25.1 Å². The fraction of sp³-hybridized carbons (Fsp3) is 0.333. The molecule has 1 aromatic heterocycles. The second kappa shape index (κ2) is 6.54. The van der Waals surface area contributed by atoms with Crippen molar-refractivity contribution < 1.29 is 13.2 Å². The molecule has 0 bridgehead atoms. The van der Waals surface area contributed by atoms with Gasteiger partial charge in [0.05, 0.1) is 6.04 Å². The number of oxazole rings is 1. The van der Waals surface area contributed by atoms with Crippen LogP contribution in [0.15, 0.2) is 22.6 Å². The minimum absolute atomic E-state index is 0.148. The number of anilines is 1. The molecule has 0 fully saturated rings. The zero-order chi connectivity index (χ0) is 16.3. The molecular formula is C15H16F2N4O. The van der Waals surface area contributed by atoms with Gasteiger partial charge in [-0.15, -0.1) is 0 Å². The Kier molecular flexibility index (Phi) is 4.73. The van der Waals surface area contributed by atoms with Gasteiger partial charge in [0.2, 0.25) is 11.6 Å². The van der Waals surface area contributed by atoms with Crippen LogP contribution in [0.2, 0.25) is 0 Å². The Balaban J connectivity index is 2.21. The standard InChI is InChI=1S/C15H16F2N4O/c1-9-20-13(7-18)15(22-9)19-8-14(21(2)3)11-5-4-10(16)6-12(11)17/h4-6,14,19H,8H2,1-3H3. The Morgan fingerprint density at radius 1 is 1.41 bits per heavy atom. The maximum Gasteiger partial charge on any atom is 0.232 e. The van der Waals surface area contributed by atoms with E-state index in [1.165, 1.54) is 12.1 Å². The number of halogens is 2. The van der Waals surface area contributed by atoms with Gasteiger partial charge in [-0.25, -0.2) is 13.8 Å². The lowest BCUT2D eigenvalue weighted by atomic mass is 10.1. The summed E-state index contributed by atoms with van der Waals surface area (Å²) in [6, 6.07) is 5.04. The minimum Gasteiger partial charge on any atom is -0.424 e. The summed E-state index contributed by atoms with van der Waals surface area (Å²) in [4.78, 5) is 5.72. The number of likely N-dealkylation sites (N-methyl/N-ethyl adjacent to an activating group) is 1. The van der Waals surface area contributed by atoms with E-state index in [1.54, 1.807) is 25.9 Å². The van der Waals surface area contributed by atoms with Gasteiger partial charge in [-0.1, -0.05) is 6.07 Å². The van der Waals surface area contributed by atoms with Gasteiger partial charge in [0.15, 0.2) is 5.89 Å². The van der Waals surface area contributed by atoms with Crippen LogP contribution in [0.3, 0.4) is 0 Å². The second-order valence-corrected chi connectivity index (χ2v) is 5.05. The third-order valence-corrected chi connectivity index (χ3v) is 3.24. The van der Waals surface area contributed by atoms with Crippen molar-refractivity contribution in [2.45, 2.75) is 13.0 Å². The molecule has 2 rings (SSSR count). The molecule has 1 atom stereocenters. The fourth-order valence-corrected chi connectivity index (χ4v) is 2.15. The number of hydrogen-bond donors (Lipinski definition) is 1. The Hall–Kier alpha value is -2.46. The molecule has 1 N–H and O–H groups in total. The molecule has 0 saturated carbocycles. The van der Waals surface area contributed by atoms with Crippen LogP contribution >= 0.6 is 0 Å². The smallest absolute Gasteiger partial charge is 0.232 e. The Morgan fingerprint density at radius 2 is 2.14 bits per heavy atom. The van der Waals surface area contributed by atoms with E-state index >= 15 is 0 Å². The van der Waals surface area contributed by atoms with Gasteiger partial charge in [-0.3, -0.25) is 0 Å². The first kappa shape index (κ1) is 15.9. The van der Waals surface area contributed by atoms with Crippen molar-refractivity contribution in [2.75, 3.05) is 26.0 Å². The topological polar surface area (TPSA) is 65.1 Å². The normalized spacial score (nSPS) is 12.2. The van der Waals surface area contributed by atoms with Gasteiger partial charge in [-0.2, -0.15) is 5.26 Å². The zero-order valence-corrected chi connectivity index (χ0v) is 12.5. The molecule has 0 aliphatic rings. The predicted octanol–water partition coefficient (Wildman–Crippen LogP) is 2.85. The summed E-state index contributed by atoms with van der Waals surface area (Å²) >= 11 is 0. The lowest BCUT2D eigenvalue weighted by Crippen LogP contribution is -2.27. The summed E-state index contributed by atoms with van der Waals surface area (Å²) in [6.45, 7) is 1.91. The van der Waals surface area contributed by atoms with Crippen molar-refractivity contribution in [2.24, 2.45) is 0 Å². The third kappa shape index (κ3) is 3.40. The SMILES string of the molecule is Cc1nc(C#N)c(NCC(c2ccc(F)cc2F)N(C)C)o1. The van der Waals surface area contributed by atoms with E-state index in [1.807, 2.05) is 6.07 Å². The molecule has 1 unspecified atom stereocenters. The van der Waals surface area contributed by atoms with Crippen molar-refractivity contribution in [1.82, 2.24) is 9.88 Å². The van der Waals surface area contributed by atoms with E-state index in [-0.39, 0.29) is 24.2 Å². The summed E-state index contributed by atoms with van der Waals surface area (Å²) in [7, 11) is 3.57. The van der Waals surface area contributed by atoms with E-state index in [9.17, 15) is 8.78 Å². The van der Waals surface area contributed by atoms with E-state index in [4.69, 9.17) is 9.68 Å². The summed E-state index contributed by atoms with van der Waals surface area (Å²) < 4.78 is 32.3. The molecule has 0 amide bonds. The molecule has 0 spiro atoms. The van der Waals surface area contributed by atoms with Crippen LogP contribution in [-0.2, 0) is 0 Å².